The van der Waals surface area contributed by atoms with Crippen molar-refractivity contribution in [2.45, 2.75) is 13.2 Å². The smallest absolute Gasteiger partial charge is 0.310 e. The third-order valence-electron chi connectivity index (χ3n) is 2.74. The molecule has 20 heavy (non-hydrogen) atoms. The summed E-state index contributed by atoms with van der Waals surface area (Å²) in [6.07, 6.45) is 0. The SMILES string of the molecule is O=[N+]([O-])c1ccc(CO)cc1OCc1ccccc1Br. The third-order valence-corrected chi connectivity index (χ3v) is 3.52. The van der Waals surface area contributed by atoms with E-state index in [2.05, 4.69) is 15.9 Å². The monoisotopic (exact) mass is 337 g/mol. The summed E-state index contributed by atoms with van der Waals surface area (Å²) in [6, 6.07) is 11.8. The van der Waals surface area contributed by atoms with Crippen LogP contribution in [0, 0.1) is 10.1 Å². The van der Waals surface area contributed by atoms with Crippen molar-refractivity contribution in [1.82, 2.24) is 0 Å². The van der Waals surface area contributed by atoms with Crippen molar-refractivity contribution in [3.05, 3.63) is 68.2 Å². The lowest BCUT2D eigenvalue weighted by atomic mass is 10.2. The lowest BCUT2D eigenvalue weighted by Crippen LogP contribution is -2.00. The van der Waals surface area contributed by atoms with Gasteiger partial charge in [0, 0.05) is 16.1 Å². The fourth-order valence-electron chi connectivity index (χ4n) is 1.69. The van der Waals surface area contributed by atoms with Gasteiger partial charge in [0.15, 0.2) is 5.75 Å². The molecular weight excluding hydrogens is 326 g/mol. The molecule has 0 unspecified atom stereocenters. The molecule has 6 heteroatoms. The Bertz CT molecular complexity index is 630. The van der Waals surface area contributed by atoms with Crippen LogP contribution < -0.4 is 4.74 Å². The van der Waals surface area contributed by atoms with E-state index >= 15 is 0 Å². The first kappa shape index (κ1) is 14.5. The quantitative estimate of drug-likeness (QED) is 0.670. The first-order valence-electron chi connectivity index (χ1n) is 5.86. The molecule has 0 bridgehead atoms. The number of aliphatic hydroxyl groups excluding tert-OH is 1. The molecule has 0 aliphatic rings. The van der Waals surface area contributed by atoms with E-state index in [1.54, 1.807) is 0 Å². The van der Waals surface area contributed by atoms with Crippen LogP contribution in [0.5, 0.6) is 5.75 Å². The molecule has 0 amide bonds. The lowest BCUT2D eigenvalue weighted by molar-refractivity contribution is -0.386. The van der Waals surface area contributed by atoms with Gasteiger partial charge in [-0.15, -0.1) is 0 Å². The van der Waals surface area contributed by atoms with E-state index in [0.717, 1.165) is 10.0 Å². The summed E-state index contributed by atoms with van der Waals surface area (Å²) in [7, 11) is 0. The van der Waals surface area contributed by atoms with Gasteiger partial charge in [0.2, 0.25) is 0 Å². The zero-order valence-corrected chi connectivity index (χ0v) is 12.0. The van der Waals surface area contributed by atoms with Gasteiger partial charge in [-0.25, -0.2) is 0 Å². The highest BCUT2D eigenvalue weighted by molar-refractivity contribution is 9.10. The average molecular weight is 338 g/mol. The molecule has 0 aliphatic heterocycles. The first-order valence-corrected chi connectivity index (χ1v) is 6.65. The topological polar surface area (TPSA) is 72.6 Å². The van der Waals surface area contributed by atoms with E-state index in [1.807, 2.05) is 24.3 Å². The molecule has 2 aromatic rings. The number of nitrogens with zero attached hydrogens (tertiary/aromatic N) is 1. The Kier molecular flexibility index (Phi) is 4.70. The number of hydrogen-bond acceptors (Lipinski definition) is 4. The second-order valence-electron chi connectivity index (χ2n) is 4.10. The number of nitro groups is 1. The van der Waals surface area contributed by atoms with E-state index in [-0.39, 0.29) is 24.7 Å². The second-order valence-corrected chi connectivity index (χ2v) is 4.95. The molecule has 0 atom stereocenters. The molecule has 104 valence electrons. The van der Waals surface area contributed by atoms with Gasteiger partial charge in [-0.05, 0) is 23.8 Å². The van der Waals surface area contributed by atoms with Crippen molar-refractivity contribution in [2.24, 2.45) is 0 Å². The fourth-order valence-corrected chi connectivity index (χ4v) is 2.09. The van der Waals surface area contributed by atoms with E-state index < -0.39 is 4.92 Å². The maximum absolute atomic E-state index is 11.0. The van der Waals surface area contributed by atoms with Crippen molar-refractivity contribution >= 4 is 21.6 Å². The third kappa shape index (κ3) is 3.34. The van der Waals surface area contributed by atoms with Crippen LogP contribution in [0.25, 0.3) is 0 Å². The minimum Gasteiger partial charge on any atom is -0.482 e. The average Bonchev–Trinajstić information content (AvgIpc) is 2.46. The van der Waals surface area contributed by atoms with Gasteiger partial charge in [-0.1, -0.05) is 34.1 Å². The molecule has 0 radical (unpaired) electrons. The van der Waals surface area contributed by atoms with Gasteiger partial charge in [0.05, 0.1) is 11.5 Å². The Morgan fingerprint density at radius 1 is 1.25 bits per heavy atom. The predicted octanol–water partition coefficient (Wildman–Crippen LogP) is 3.43. The van der Waals surface area contributed by atoms with Crippen molar-refractivity contribution in [1.29, 1.82) is 0 Å². The van der Waals surface area contributed by atoms with Crippen molar-refractivity contribution in [3.8, 4) is 5.75 Å². The summed E-state index contributed by atoms with van der Waals surface area (Å²) < 4.78 is 6.40. The summed E-state index contributed by atoms with van der Waals surface area (Å²) in [5.74, 6) is 0.150. The van der Waals surface area contributed by atoms with Gasteiger partial charge >= 0.3 is 5.69 Å². The first-order chi connectivity index (χ1) is 9.61. The number of halogens is 1. The molecule has 0 heterocycles. The molecule has 0 aliphatic carbocycles. The summed E-state index contributed by atoms with van der Waals surface area (Å²) in [6.45, 7) is 0.0144. The van der Waals surface area contributed by atoms with Crippen molar-refractivity contribution in [3.63, 3.8) is 0 Å². The van der Waals surface area contributed by atoms with E-state index in [4.69, 9.17) is 9.84 Å². The molecule has 2 rings (SSSR count). The van der Waals surface area contributed by atoms with Crippen LogP contribution in [0.1, 0.15) is 11.1 Å². The van der Waals surface area contributed by atoms with Crippen LogP contribution in [-0.2, 0) is 13.2 Å². The van der Waals surface area contributed by atoms with Crippen LogP contribution in [0.15, 0.2) is 46.9 Å². The minimum atomic E-state index is -0.503. The lowest BCUT2D eigenvalue weighted by Gasteiger charge is -2.09. The standard InChI is InChI=1S/C14H12BrNO4/c15-12-4-2-1-3-11(12)9-20-14-7-10(8-17)5-6-13(14)16(18)19/h1-7,17H,8-9H2. The molecule has 5 nitrogen and oxygen atoms in total. The fraction of sp³-hybridized carbons (Fsp3) is 0.143. The van der Waals surface area contributed by atoms with Crippen LogP contribution in [0.2, 0.25) is 0 Å². The van der Waals surface area contributed by atoms with Gasteiger partial charge in [-0.3, -0.25) is 10.1 Å². The maximum atomic E-state index is 11.0. The van der Waals surface area contributed by atoms with Crippen LogP contribution in [-0.4, -0.2) is 10.0 Å². The van der Waals surface area contributed by atoms with Gasteiger partial charge in [0.25, 0.3) is 0 Å². The Balaban J connectivity index is 2.24. The summed E-state index contributed by atoms with van der Waals surface area (Å²) in [5.41, 5.74) is 1.34. The predicted molar refractivity (Wildman–Crippen MR) is 77.5 cm³/mol. The van der Waals surface area contributed by atoms with Crippen molar-refractivity contribution < 1.29 is 14.8 Å². The number of ether oxygens (including phenoxy) is 1. The highest BCUT2D eigenvalue weighted by Gasteiger charge is 2.16. The van der Waals surface area contributed by atoms with Crippen LogP contribution in [0.3, 0.4) is 0 Å². The maximum Gasteiger partial charge on any atom is 0.310 e. The molecule has 0 aromatic heterocycles. The largest absolute Gasteiger partial charge is 0.482 e. The molecule has 2 aromatic carbocycles. The van der Waals surface area contributed by atoms with Gasteiger partial charge < -0.3 is 9.84 Å². The normalized spacial score (nSPS) is 10.3. The van der Waals surface area contributed by atoms with Gasteiger partial charge in [-0.2, -0.15) is 0 Å². The van der Waals surface area contributed by atoms with E-state index in [0.29, 0.717) is 5.56 Å². The van der Waals surface area contributed by atoms with Crippen LogP contribution in [0.4, 0.5) is 5.69 Å². The number of aliphatic hydroxyl groups is 1. The van der Waals surface area contributed by atoms with Crippen molar-refractivity contribution in [2.75, 3.05) is 0 Å². The summed E-state index contributed by atoms with van der Waals surface area (Å²) >= 11 is 3.39. The highest BCUT2D eigenvalue weighted by atomic mass is 79.9. The second kappa shape index (κ2) is 6.49. The molecular formula is C14H12BrNO4. The number of rotatable bonds is 5. The Morgan fingerprint density at radius 2 is 2.00 bits per heavy atom. The highest BCUT2D eigenvalue weighted by Crippen LogP contribution is 2.29. The summed E-state index contributed by atoms with van der Waals surface area (Å²) in [4.78, 5) is 10.5. The number of nitro benzene ring substituents is 1. The van der Waals surface area contributed by atoms with Gasteiger partial charge in [0.1, 0.15) is 6.61 Å². The van der Waals surface area contributed by atoms with E-state index in [1.165, 1.54) is 18.2 Å². The zero-order valence-electron chi connectivity index (χ0n) is 10.5. The Hall–Kier alpha value is -1.92. The molecule has 0 saturated heterocycles. The summed E-state index contributed by atoms with van der Waals surface area (Å²) in [5, 5.41) is 20.0. The van der Waals surface area contributed by atoms with E-state index in [9.17, 15) is 10.1 Å². The molecule has 0 saturated carbocycles. The molecule has 1 N–H and O–H groups in total. The zero-order chi connectivity index (χ0) is 14.5. The van der Waals surface area contributed by atoms with Crippen LogP contribution >= 0.6 is 15.9 Å². The number of hydrogen-bond donors (Lipinski definition) is 1. The Morgan fingerprint density at radius 3 is 2.65 bits per heavy atom. The minimum absolute atomic E-state index is 0.116. The Labute approximate surface area is 124 Å². The molecule has 0 fully saturated rings. The molecule has 0 spiro atoms. The number of benzene rings is 2.